The Labute approximate surface area is 97.8 Å². The van der Waals surface area contributed by atoms with Crippen LogP contribution in [-0.4, -0.2) is 16.7 Å². The molecule has 2 rings (SSSR count). The summed E-state index contributed by atoms with van der Waals surface area (Å²) in [6.07, 6.45) is 6.99. The van der Waals surface area contributed by atoms with Gasteiger partial charge in [0.15, 0.2) is 0 Å². The highest BCUT2D eigenvalue weighted by molar-refractivity contribution is 5.33. The molecule has 1 aromatic heterocycles. The van der Waals surface area contributed by atoms with Gasteiger partial charge in [-0.15, -0.1) is 0 Å². The molecule has 0 unspecified atom stereocenters. The van der Waals surface area contributed by atoms with Crippen LogP contribution < -0.4 is 5.73 Å². The Balaban J connectivity index is 2.36. The van der Waals surface area contributed by atoms with Gasteiger partial charge in [0.25, 0.3) is 0 Å². The Bertz CT molecular complexity index is 355. The van der Waals surface area contributed by atoms with E-state index in [9.17, 15) is 0 Å². The smallest absolute Gasteiger partial charge is 0.0528 e. The molecule has 0 atom stereocenters. The number of rotatable bonds is 3. The summed E-state index contributed by atoms with van der Waals surface area (Å²) in [6.45, 7) is 7.48. The molecule has 90 valence electrons. The summed E-state index contributed by atoms with van der Waals surface area (Å²) in [7, 11) is 0. The van der Waals surface area contributed by atoms with Gasteiger partial charge in [-0.3, -0.25) is 5.10 Å². The molecule has 3 nitrogen and oxygen atoms in total. The minimum Gasteiger partial charge on any atom is -0.330 e. The predicted molar refractivity (Wildman–Crippen MR) is 66.5 cm³/mol. The summed E-state index contributed by atoms with van der Waals surface area (Å²) < 4.78 is 0. The van der Waals surface area contributed by atoms with Crippen LogP contribution in [0.5, 0.6) is 0 Å². The lowest BCUT2D eigenvalue weighted by Crippen LogP contribution is -2.38. The van der Waals surface area contributed by atoms with E-state index in [1.807, 2.05) is 6.20 Å². The Morgan fingerprint density at radius 3 is 2.56 bits per heavy atom. The standard InChI is InChI=1S/C13H23N3/c1-12(2,3)11-10(9-15-16-11)13(7-8-14)5-4-6-13/h9H,4-8,14H2,1-3H3,(H,15,16). The average Bonchev–Trinajstić information content (AvgIpc) is 2.58. The van der Waals surface area contributed by atoms with Crippen LogP contribution in [0.2, 0.25) is 0 Å². The maximum atomic E-state index is 5.76. The second-order valence-electron chi connectivity index (χ2n) is 6.08. The molecule has 1 aliphatic rings. The Morgan fingerprint density at radius 1 is 1.44 bits per heavy atom. The quantitative estimate of drug-likeness (QED) is 0.824. The van der Waals surface area contributed by atoms with Crippen molar-refractivity contribution in [3.63, 3.8) is 0 Å². The second kappa shape index (κ2) is 3.88. The Hall–Kier alpha value is -0.830. The second-order valence-corrected chi connectivity index (χ2v) is 6.08. The highest BCUT2D eigenvalue weighted by Crippen LogP contribution is 2.48. The minimum atomic E-state index is 0.142. The summed E-state index contributed by atoms with van der Waals surface area (Å²) in [6, 6.07) is 0. The van der Waals surface area contributed by atoms with Crippen molar-refractivity contribution < 1.29 is 0 Å². The topological polar surface area (TPSA) is 54.7 Å². The first-order valence-corrected chi connectivity index (χ1v) is 6.24. The Kier molecular flexibility index (Phi) is 2.82. The summed E-state index contributed by atoms with van der Waals surface area (Å²) >= 11 is 0. The molecule has 0 radical (unpaired) electrons. The number of aromatic amines is 1. The minimum absolute atomic E-state index is 0.142. The lowest BCUT2D eigenvalue weighted by molar-refractivity contribution is 0.225. The van der Waals surface area contributed by atoms with E-state index in [2.05, 4.69) is 31.0 Å². The van der Waals surface area contributed by atoms with E-state index in [0.29, 0.717) is 5.41 Å². The summed E-state index contributed by atoms with van der Waals surface area (Å²) in [5.41, 5.74) is 8.93. The van der Waals surface area contributed by atoms with Crippen molar-refractivity contribution in [2.75, 3.05) is 6.54 Å². The fourth-order valence-electron chi connectivity index (χ4n) is 2.79. The van der Waals surface area contributed by atoms with Crippen LogP contribution in [0.4, 0.5) is 0 Å². The first-order valence-electron chi connectivity index (χ1n) is 6.24. The number of nitrogens with zero attached hydrogens (tertiary/aromatic N) is 1. The van der Waals surface area contributed by atoms with E-state index in [4.69, 9.17) is 5.73 Å². The van der Waals surface area contributed by atoms with Gasteiger partial charge in [-0.2, -0.15) is 5.10 Å². The summed E-state index contributed by atoms with van der Waals surface area (Å²) in [5, 5.41) is 7.44. The molecule has 0 saturated heterocycles. The summed E-state index contributed by atoms with van der Waals surface area (Å²) in [5.74, 6) is 0. The van der Waals surface area contributed by atoms with E-state index in [-0.39, 0.29) is 5.41 Å². The molecule has 1 saturated carbocycles. The van der Waals surface area contributed by atoms with E-state index < -0.39 is 0 Å². The lowest BCUT2D eigenvalue weighted by Gasteiger charge is -2.43. The average molecular weight is 221 g/mol. The van der Waals surface area contributed by atoms with Crippen LogP contribution in [0.15, 0.2) is 6.20 Å². The predicted octanol–water partition coefficient (Wildman–Crippen LogP) is 2.48. The molecule has 0 amide bonds. The van der Waals surface area contributed by atoms with Gasteiger partial charge in [-0.25, -0.2) is 0 Å². The fraction of sp³-hybridized carbons (Fsp3) is 0.769. The molecule has 0 aliphatic heterocycles. The van der Waals surface area contributed by atoms with Gasteiger partial charge in [0, 0.05) is 11.1 Å². The van der Waals surface area contributed by atoms with Crippen molar-refractivity contribution in [2.45, 2.75) is 57.3 Å². The van der Waals surface area contributed by atoms with Gasteiger partial charge in [-0.05, 0) is 36.8 Å². The van der Waals surface area contributed by atoms with Crippen LogP contribution in [0, 0.1) is 0 Å². The third kappa shape index (κ3) is 1.77. The fourth-order valence-corrected chi connectivity index (χ4v) is 2.79. The number of hydrogen-bond donors (Lipinski definition) is 2. The molecule has 16 heavy (non-hydrogen) atoms. The molecular weight excluding hydrogens is 198 g/mol. The largest absolute Gasteiger partial charge is 0.330 e. The highest BCUT2D eigenvalue weighted by Gasteiger charge is 2.41. The molecule has 1 heterocycles. The van der Waals surface area contributed by atoms with Crippen molar-refractivity contribution in [3.05, 3.63) is 17.5 Å². The third-order valence-electron chi connectivity index (χ3n) is 3.89. The van der Waals surface area contributed by atoms with Gasteiger partial charge in [0.1, 0.15) is 0 Å². The molecule has 0 bridgehead atoms. The molecule has 3 N–H and O–H groups in total. The maximum Gasteiger partial charge on any atom is 0.0528 e. The zero-order valence-electron chi connectivity index (χ0n) is 10.6. The molecule has 1 aromatic rings. The Morgan fingerprint density at radius 2 is 2.12 bits per heavy atom. The maximum absolute atomic E-state index is 5.76. The van der Waals surface area contributed by atoms with E-state index in [1.54, 1.807) is 0 Å². The molecule has 1 aliphatic carbocycles. The van der Waals surface area contributed by atoms with Crippen molar-refractivity contribution in [3.8, 4) is 0 Å². The number of hydrogen-bond acceptors (Lipinski definition) is 2. The number of nitrogens with one attached hydrogen (secondary N) is 1. The van der Waals surface area contributed by atoms with Gasteiger partial charge >= 0.3 is 0 Å². The molecule has 0 aromatic carbocycles. The van der Waals surface area contributed by atoms with Crippen LogP contribution in [0.25, 0.3) is 0 Å². The van der Waals surface area contributed by atoms with Gasteiger partial charge in [-0.1, -0.05) is 27.2 Å². The zero-order chi connectivity index (χ0) is 11.8. The van der Waals surface area contributed by atoms with Crippen molar-refractivity contribution in [1.29, 1.82) is 0 Å². The molecule has 1 fully saturated rings. The highest BCUT2D eigenvalue weighted by atomic mass is 15.1. The zero-order valence-corrected chi connectivity index (χ0v) is 10.6. The lowest BCUT2D eigenvalue weighted by atomic mass is 9.61. The first kappa shape index (κ1) is 11.6. The van der Waals surface area contributed by atoms with Crippen molar-refractivity contribution in [2.24, 2.45) is 5.73 Å². The van der Waals surface area contributed by atoms with E-state index >= 15 is 0 Å². The van der Waals surface area contributed by atoms with E-state index in [0.717, 1.165) is 13.0 Å². The van der Waals surface area contributed by atoms with Crippen LogP contribution in [0.1, 0.15) is 57.7 Å². The van der Waals surface area contributed by atoms with Crippen molar-refractivity contribution >= 4 is 0 Å². The van der Waals surface area contributed by atoms with Gasteiger partial charge < -0.3 is 5.73 Å². The van der Waals surface area contributed by atoms with Crippen LogP contribution >= 0.6 is 0 Å². The van der Waals surface area contributed by atoms with Crippen LogP contribution in [0.3, 0.4) is 0 Å². The number of H-pyrrole nitrogens is 1. The van der Waals surface area contributed by atoms with Crippen molar-refractivity contribution in [1.82, 2.24) is 10.2 Å². The first-order chi connectivity index (χ1) is 7.49. The normalized spacial score (nSPS) is 19.5. The van der Waals surface area contributed by atoms with E-state index in [1.165, 1.54) is 30.5 Å². The van der Waals surface area contributed by atoms with Crippen LogP contribution in [-0.2, 0) is 10.8 Å². The van der Waals surface area contributed by atoms with Gasteiger partial charge in [0.2, 0.25) is 0 Å². The molecular formula is C13H23N3. The SMILES string of the molecule is CC(C)(C)c1[nH]ncc1C1(CCN)CCC1. The molecule has 0 spiro atoms. The number of nitrogens with two attached hydrogens (primary N) is 1. The molecule has 3 heteroatoms. The summed E-state index contributed by atoms with van der Waals surface area (Å²) in [4.78, 5) is 0. The monoisotopic (exact) mass is 221 g/mol. The van der Waals surface area contributed by atoms with Gasteiger partial charge in [0.05, 0.1) is 6.20 Å². The number of aromatic nitrogens is 2. The third-order valence-corrected chi connectivity index (χ3v) is 3.89.